The fourth-order valence-corrected chi connectivity index (χ4v) is 3.33. The smallest absolute Gasteiger partial charge is 0.395 e. The van der Waals surface area contributed by atoms with E-state index in [-0.39, 0.29) is 23.3 Å². The van der Waals surface area contributed by atoms with Crippen molar-refractivity contribution >= 4 is 11.6 Å². The van der Waals surface area contributed by atoms with Crippen LogP contribution in [0.25, 0.3) is 0 Å². The number of hydrogen-bond acceptors (Lipinski definition) is 4. The molecule has 0 saturated heterocycles. The summed E-state index contributed by atoms with van der Waals surface area (Å²) in [5, 5.41) is 10.2. The molecule has 1 aromatic carbocycles. The number of allylic oxidation sites excluding steroid dienone is 1. The van der Waals surface area contributed by atoms with Gasteiger partial charge in [-0.1, -0.05) is 25.1 Å². The highest BCUT2D eigenvalue weighted by Crippen LogP contribution is 2.45. The molecule has 0 amide bonds. The maximum Gasteiger partial charge on any atom is 0.586 e. The third-order valence-corrected chi connectivity index (χ3v) is 5.09. The monoisotopic (exact) mass is 390 g/mol. The lowest BCUT2D eigenvalue weighted by Crippen LogP contribution is -2.33. The summed E-state index contributed by atoms with van der Waals surface area (Å²) < 4.78 is 40.6. The number of rotatable bonds is 8. The Kier molecular flexibility index (Phi) is 6.53. The van der Waals surface area contributed by atoms with Crippen molar-refractivity contribution in [3.63, 3.8) is 0 Å². The maximum atomic E-state index is 13.2. The zero-order valence-corrected chi connectivity index (χ0v) is 16.1. The second kappa shape index (κ2) is 8.11. The molecule has 1 aliphatic rings. The number of halogens is 3. The van der Waals surface area contributed by atoms with Crippen LogP contribution in [0.3, 0.4) is 0 Å². The van der Waals surface area contributed by atoms with E-state index >= 15 is 0 Å². The zero-order valence-electron chi connectivity index (χ0n) is 15.3. The number of fused-ring (bicyclic) bond motifs is 1. The van der Waals surface area contributed by atoms with E-state index in [1.165, 1.54) is 12.1 Å². The van der Waals surface area contributed by atoms with Crippen molar-refractivity contribution in [1.82, 2.24) is 0 Å². The molecule has 7 heteroatoms. The summed E-state index contributed by atoms with van der Waals surface area (Å²) in [6, 6.07) is 4.66. The van der Waals surface area contributed by atoms with Gasteiger partial charge in [-0.05, 0) is 44.9 Å². The topological polar surface area (TPSA) is 47.9 Å². The summed E-state index contributed by atoms with van der Waals surface area (Å²) in [6.07, 6.45) is -0.475. The number of ether oxygens (including phenoxy) is 3. The van der Waals surface area contributed by atoms with E-state index in [2.05, 4.69) is 9.47 Å². The Morgan fingerprint density at radius 1 is 1.35 bits per heavy atom. The highest BCUT2D eigenvalue weighted by Gasteiger charge is 2.44. The number of aliphatic hydroxyl groups is 1. The van der Waals surface area contributed by atoms with Gasteiger partial charge in [-0.2, -0.15) is 0 Å². The summed E-state index contributed by atoms with van der Waals surface area (Å²) in [5.74, 6) is -0.496. The van der Waals surface area contributed by atoms with Crippen LogP contribution in [0, 0.1) is 5.92 Å². The zero-order chi connectivity index (χ0) is 19.5. The molecule has 1 aliphatic heterocycles. The van der Waals surface area contributed by atoms with Gasteiger partial charge in [0, 0.05) is 23.3 Å². The van der Waals surface area contributed by atoms with Gasteiger partial charge in [0.2, 0.25) is 0 Å². The molecule has 0 radical (unpaired) electrons. The normalized spacial score (nSPS) is 21.4. The Morgan fingerprint density at radius 3 is 2.62 bits per heavy atom. The highest BCUT2D eigenvalue weighted by atomic mass is 35.5. The van der Waals surface area contributed by atoms with Crippen molar-refractivity contribution in [2.24, 2.45) is 5.92 Å². The van der Waals surface area contributed by atoms with Gasteiger partial charge >= 0.3 is 6.29 Å². The van der Waals surface area contributed by atoms with Crippen molar-refractivity contribution in [1.29, 1.82) is 0 Å². The molecule has 0 fully saturated rings. The first-order valence-electron chi connectivity index (χ1n) is 8.61. The summed E-state index contributed by atoms with van der Waals surface area (Å²) in [6.45, 7) is 7.82. The largest absolute Gasteiger partial charge is 0.586 e. The summed E-state index contributed by atoms with van der Waals surface area (Å²) in [5.41, 5.74) is 0.743. The van der Waals surface area contributed by atoms with E-state index in [4.69, 9.17) is 16.3 Å². The van der Waals surface area contributed by atoms with Crippen molar-refractivity contribution in [3.8, 4) is 11.5 Å². The SMILES string of the molecule is C/C=C/[C@@H](C[C@](C)(Cl)C(C)c1ccc2c(c1)OC(F)(F)O2)C(O)OCC. The van der Waals surface area contributed by atoms with Gasteiger partial charge in [0.1, 0.15) is 0 Å². The Hall–Kier alpha value is -1.37. The van der Waals surface area contributed by atoms with Crippen molar-refractivity contribution in [2.75, 3.05) is 6.61 Å². The van der Waals surface area contributed by atoms with Gasteiger partial charge in [0.15, 0.2) is 17.8 Å². The fraction of sp³-hybridized carbons (Fsp3) is 0.579. The fourth-order valence-electron chi connectivity index (χ4n) is 3.03. The molecule has 2 rings (SSSR count). The average Bonchev–Trinajstić information content (AvgIpc) is 2.86. The van der Waals surface area contributed by atoms with Crippen molar-refractivity contribution in [2.45, 2.75) is 57.5 Å². The number of alkyl halides is 3. The van der Waals surface area contributed by atoms with E-state index in [1.807, 2.05) is 32.9 Å². The molecule has 2 unspecified atom stereocenters. The Balaban J connectivity index is 2.18. The molecule has 1 heterocycles. The molecule has 26 heavy (non-hydrogen) atoms. The summed E-state index contributed by atoms with van der Waals surface area (Å²) in [4.78, 5) is -0.752. The predicted molar refractivity (Wildman–Crippen MR) is 95.9 cm³/mol. The van der Waals surface area contributed by atoms with Gasteiger partial charge in [-0.15, -0.1) is 20.4 Å². The van der Waals surface area contributed by atoms with Crippen LogP contribution < -0.4 is 9.47 Å². The number of hydrogen-bond donors (Lipinski definition) is 1. The van der Waals surface area contributed by atoms with Crippen LogP contribution in [0.5, 0.6) is 11.5 Å². The lowest BCUT2D eigenvalue weighted by molar-refractivity contribution is -0.286. The molecule has 1 N–H and O–H groups in total. The second-order valence-electron chi connectivity index (χ2n) is 6.61. The van der Waals surface area contributed by atoms with E-state index in [0.29, 0.717) is 13.0 Å². The van der Waals surface area contributed by atoms with E-state index in [0.717, 1.165) is 5.56 Å². The third kappa shape index (κ3) is 4.87. The minimum Gasteiger partial charge on any atom is -0.395 e. The van der Waals surface area contributed by atoms with Crippen LogP contribution in [0.15, 0.2) is 30.4 Å². The van der Waals surface area contributed by atoms with Gasteiger partial charge in [0.05, 0.1) is 0 Å². The van der Waals surface area contributed by atoms with Gasteiger partial charge in [-0.3, -0.25) is 0 Å². The molecule has 0 aromatic heterocycles. The van der Waals surface area contributed by atoms with Crippen molar-refractivity contribution < 1.29 is 28.1 Å². The highest BCUT2D eigenvalue weighted by molar-refractivity contribution is 6.24. The number of aliphatic hydroxyl groups excluding tert-OH is 1. The quantitative estimate of drug-likeness (QED) is 0.383. The average molecular weight is 391 g/mol. The summed E-state index contributed by atoms with van der Waals surface area (Å²) >= 11 is 6.78. The Morgan fingerprint density at radius 2 is 2.00 bits per heavy atom. The van der Waals surface area contributed by atoms with E-state index in [1.54, 1.807) is 13.0 Å². The Labute approximate surface area is 157 Å². The van der Waals surface area contributed by atoms with Crippen LogP contribution in [-0.2, 0) is 4.74 Å². The van der Waals surface area contributed by atoms with Crippen LogP contribution in [-0.4, -0.2) is 29.2 Å². The van der Waals surface area contributed by atoms with E-state index < -0.39 is 17.5 Å². The molecule has 0 bridgehead atoms. The Bertz CT molecular complexity index is 648. The lowest BCUT2D eigenvalue weighted by Gasteiger charge is -2.34. The van der Waals surface area contributed by atoms with Gasteiger partial charge in [-0.25, -0.2) is 0 Å². The standard InChI is InChI=1S/C19H25ClF2O4/c1-5-7-14(17(23)24-6-2)11-18(4,20)12(3)13-8-9-15-16(10-13)26-19(21,22)25-15/h5,7-10,12,14,17,23H,6,11H2,1-4H3/b7-5+/t12?,14-,17?,18-/m0/s1. The molecule has 1 aromatic rings. The molecular formula is C19H25ClF2O4. The van der Waals surface area contributed by atoms with Crippen LogP contribution >= 0.6 is 11.6 Å². The first-order chi connectivity index (χ1) is 12.1. The number of benzene rings is 1. The molecule has 4 nitrogen and oxygen atoms in total. The molecule has 0 aliphatic carbocycles. The first kappa shape index (κ1) is 20.9. The predicted octanol–water partition coefficient (Wildman–Crippen LogP) is 5.05. The minimum atomic E-state index is -3.65. The third-order valence-electron chi connectivity index (χ3n) is 4.61. The van der Waals surface area contributed by atoms with Crippen LogP contribution in [0.2, 0.25) is 0 Å². The molecule has 0 saturated carbocycles. The van der Waals surface area contributed by atoms with Crippen molar-refractivity contribution in [3.05, 3.63) is 35.9 Å². The van der Waals surface area contributed by atoms with Gasteiger partial charge < -0.3 is 19.3 Å². The molecule has 146 valence electrons. The van der Waals surface area contributed by atoms with Crippen LogP contribution in [0.1, 0.15) is 45.6 Å². The second-order valence-corrected chi connectivity index (χ2v) is 7.48. The van der Waals surface area contributed by atoms with Crippen LogP contribution in [0.4, 0.5) is 8.78 Å². The molecule has 0 spiro atoms. The maximum absolute atomic E-state index is 13.2. The molecule has 4 atom stereocenters. The van der Waals surface area contributed by atoms with E-state index in [9.17, 15) is 13.9 Å². The lowest BCUT2D eigenvalue weighted by atomic mass is 9.81. The van der Waals surface area contributed by atoms with Gasteiger partial charge in [0.25, 0.3) is 0 Å². The first-order valence-corrected chi connectivity index (χ1v) is 8.98. The summed E-state index contributed by atoms with van der Waals surface area (Å²) in [7, 11) is 0. The minimum absolute atomic E-state index is 0.000728. The molecular weight excluding hydrogens is 366 g/mol.